The van der Waals surface area contributed by atoms with Crippen molar-refractivity contribution in [2.24, 2.45) is 0 Å². The van der Waals surface area contributed by atoms with Gasteiger partial charge >= 0.3 is 5.97 Å². The summed E-state index contributed by atoms with van der Waals surface area (Å²) < 4.78 is 0. The minimum atomic E-state index is -0.905. The summed E-state index contributed by atoms with van der Waals surface area (Å²) in [7, 11) is 1.70. The molecule has 2 rings (SSSR count). The molecular weight excluding hydrogens is 315 g/mol. The van der Waals surface area contributed by atoms with E-state index in [0.717, 1.165) is 5.56 Å². The fourth-order valence-electron chi connectivity index (χ4n) is 2.65. The number of nitrogens with zero attached hydrogens (tertiary/aromatic N) is 2. The van der Waals surface area contributed by atoms with Crippen molar-refractivity contribution in [3.8, 4) is 0 Å². The molecule has 2 N–H and O–H groups in total. The van der Waals surface area contributed by atoms with Crippen LogP contribution < -0.4 is 0 Å². The van der Waals surface area contributed by atoms with E-state index in [1.54, 1.807) is 30.1 Å². The zero-order chi connectivity index (χ0) is 15.6. The number of carbonyl (C=O) groups is 1. The molecule has 1 aromatic rings. The third-order valence-electron chi connectivity index (χ3n) is 3.73. The Balaban J connectivity index is 2.02. The molecule has 0 radical (unpaired) electrons. The van der Waals surface area contributed by atoms with Crippen molar-refractivity contribution in [1.82, 2.24) is 9.80 Å². The molecule has 1 heterocycles. The highest BCUT2D eigenvalue weighted by atomic mass is 35.5. The maximum absolute atomic E-state index is 10.8. The van der Waals surface area contributed by atoms with E-state index in [1.165, 1.54) is 0 Å². The summed E-state index contributed by atoms with van der Waals surface area (Å²) in [4.78, 5) is 14.4. The first kappa shape index (κ1) is 16.5. The molecule has 21 heavy (non-hydrogen) atoms. The molecule has 0 unspecified atom stereocenters. The summed E-state index contributed by atoms with van der Waals surface area (Å²) in [5.41, 5.74) is 0.828. The van der Waals surface area contributed by atoms with Crippen LogP contribution in [-0.4, -0.2) is 64.8 Å². The third kappa shape index (κ3) is 4.08. The molecule has 1 aliphatic heterocycles. The van der Waals surface area contributed by atoms with E-state index in [1.807, 2.05) is 4.90 Å². The van der Waals surface area contributed by atoms with E-state index in [0.29, 0.717) is 29.7 Å². The number of halogens is 2. The molecule has 0 saturated carbocycles. The predicted octanol–water partition coefficient (Wildman–Crippen LogP) is 1.55. The van der Waals surface area contributed by atoms with Crippen molar-refractivity contribution in [1.29, 1.82) is 0 Å². The Kier molecular flexibility index (Phi) is 5.46. The number of β-amino-alcohol motifs (C(OH)–C–C–N with tert-alkyl or cyclic N) is 1. The van der Waals surface area contributed by atoms with Gasteiger partial charge < -0.3 is 10.2 Å². The number of hydrogen-bond donors (Lipinski definition) is 2. The van der Waals surface area contributed by atoms with E-state index in [2.05, 4.69) is 0 Å². The Hall–Kier alpha value is -0.850. The van der Waals surface area contributed by atoms with Gasteiger partial charge in [-0.15, -0.1) is 0 Å². The maximum Gasteiger partial charge on any atom is 0.317 e. The van der Waals surface area contributed by atoms with Crippen LogP contribution >= 0.6 is 23.2 Å². The van der Waals surface area contributed by atoms with Gasteiger partial charge in [0.05, 0.1) is 12.6 Å². The number of aliphatic hydroxyl groups is 1. The van der Waals surface area contributed by atoms with Gasteiger partial charge in [0.15, 0.2) is 0 Å². The van der Waals surface area contributed by atoms with Crippen LogP contribution in [0.25, 0.3) is 0 Å². The van der Waals surface area contributed by atoms with Crippen molar-refractivity contribution < 1.29 is 15.0 Å². The molecule has 2 atom stereocenters. The number of aliphatic carboxylic acids is 1. The zero-order valence-electron chi connectivity index (χ0n) is 11.7. The lowest BCUT2D eigenvalue weighted by Gasteiger charge is -2.24. The molecule has 5 nitrogen and oxygen atoms in total. The van der Waals surface area contributed by atoms with Crippen LogP contribution in [0.3, 0.4) is 0 Å². The Morgan fingerprint density at radius 2 is 2.00 bits per heavy atom. The minimum Gasteiger partial charge on any atom is -0.480 e. The predicted molar refractivity (Wildman–Crippen MR) is 81.8 cm³/mol. The van der Waals surface area contributed by atoms with E-state index in [-0.39, 0.29) is 12.6 Å². The summed E-state index contributed by atoms with van der Waals surface area (Å²) in [6.45, 7) is 1.48. The topological polar surface area (TPSA) is 64.0 Å². The summed E-state index contributed by atoms with van der Waals surface area (Å²) >= 11 is 12.3. The highest BCUT2D eigenvalue weighted by molar-refractivity contribution is 6.35. The number of carboxylic acid groups (broad SMARTS) is 1. The first-order valence-electron chi connectivity index (χ1n) is 6.64. The van der Waals surface area contributed by atoms with Gasteiger partial charge in [0.1, 0.15) is 0 Å². The number of rotatable bonds is 5. The van der Waals surface area contributed by atoms with Gasteiger partial charge in [0.2, 0.25) is 0 Å². The fourth-order valence-corrected chi connectivity index (χ4v) is 3.16. The molecule has 1 fully saturated rings. The van der Waals surface area contributed by atoms with Gasteiger partial charge in [-0.05, 0) is 19.2 Å². The van der Waals surface area contributed by atoms with Crippen molar-refractivity contribution >= 4 is 29.2 Å². The molecule has 0 aromatic heterocycles. The number of hydrogen-bond acceptors (Lipinski definition) is 4. The van der Waals surface area contributed by atoms with Crippen LogP contribution in [0.1, 0.15) is 5.56 Å². The lowest BCUT2D eigenvalue weighted by Crippen LogP contribution is -2.43. The van der Waals surface area contributed by atoms with Crippen molar-refractivity contribution in [3.05, 3.63) is 33.8 Å². The van der Waals surface area contributed by atoms with Crippen LogP contribution in [0.4, 0.5) is 0 Å². The highest BCUT2D eigenvalue weighted by Gasteiger charge is 2.34. The lowest BCUT2D eigenvalue weighted by molar-refractivity contribution is -0.138. The second kappa shape index (κ2) is 6.94. The van der Waals surface area contributed by atoms with Gasteiger partial charge in [-0.3, -0.25) is 14.6 Å². The van der Waals surface area contributed by atoms with Crippen molar-refractivity contribution in [3.63, 3.8) is 0 Å². The molecule has 1 aromatic carbocycles. The molecule has 7 heteroatoms. The van der Waals surface area contributed by atoms with Crippen LogP contribution in [0.5, 0.6) is 0 Å². The normalized spacial score (nSPS) is 22.9. The lowest BCUT2D eigenvalue weighted by atomic mass is 10.2. The Morgan fingerprint density at radius 3 is 2.57 bits per heavy atom. The molecule has 116 valence electrons. The smallest absolute Gasteiger partial charge is 0.317 e. The molecule has 0 bridgehead atoms. The maximum atomic E-state index is 10.8. The molecule has 0 amide bonds. The largest absolute Gasteiger partial charge is 0.480 e. The second-order valence-corrected chi connectivity index (χ2v) is 6.15. The van der Waals surface area contributed by atoms with Crippen molar-refractivity contribution in [2.45, 2.75) is 18.7 Å². The fraction of sp³-hybridized carbons (Fsp3) is 0.500. The van der Waals surface area contributed by atoms with Crippen LogP contribution in [-0.2, 0) is 11.3 Å². The van der Waals surface area contributed by atoms with Crippen LogP contribution in [0.15, 0.2) is 18.2 Å². The van der Waals surface area contributed by atoms with Crippen molar-refractivity contribution in [2.75, 3.05) is 26.7 Å². The summed E-state index contributed by atoms with van der Waals surface area (Å²) in [5.74, 6) is -0.905. The molecule has 0 spiro atoms. The van der Waals surface area contributed by atoms with E-state index in [9.17, 15) is 9.90 Å². The minimum absolute atomic E-state index is 0.0948. The monoisotopic (exact) mass is 332 g/mol. The standard InChI is InChI=1S/C14H18Cl2N2O3/c1-17(8-14(20)21)12-6-18(7-13(12)19)5-9-10(15)3-2-4-11(9)16/h2-4,12-13,19H,5-8H2,1H3,(H,20,21)/t12-,13-/m1/s1. The number of likely N-dealkylation sites (tertiary alicyclic amines) is 1. The number of benzene rings is 1. The van der Waals surface area contributed by atoms with Gasteiger partial charge in [-0.1, -0.05) is 29.3 Å². The van der Waals surface area contributed by atoms with Crippen LogP contribution in [0.2, 0.25) is 10.0 Å². The summed E-state index contributed by atoms with van der Waals surface area (Å²) in [6.07, 6.45) is -0.587. The number of likely N-dealkylation sites (N-methyl/N-ethyl adjacent to an activating group) is 1. The van der Waals surface area contributed by atoms with Gasteiger partial charge in [-0.25, -0.2) is 0 Å². The Bertz CT molecular complexity index is 507. The van der Waals surface area contributed by atoms with E-state index >= 15 is 0 Å². The molecule has 1 saturated heterocycles. The van der Waals surface area contributed by atoms with Gasteiger partial charge in [0.25, 0.3) is 0 Å². The van der Waals surface area contributed by atoms with Gasteiger partial charge in [0, 0.05) is 41.3 Å². The first-order chi connectivity index (χ1) is 9.88. The Labute approximate surface area is 133 Å². The number of aliphatic hydroxyl groups excluding tert-OH is 1. The summed E-state index contributed by atoms with van der Waals surface area (Å²) in [5, 5.41) is 20.1. The Morgan fingerprint density at radius 1 is 1.38 bits per heavy atom. The average molecular weight is 333 g/mol. The SMILES string of the molecule is CN(CC(=O)O)[C@@H]1CN(Cc2c(Cl)cccc2Cl)C[C@H]1O. The van der Waals surface area contributed by atoms with Crippen LogP contribution in [0, 0.1) is 0 Å². The molecule has 1 aliphatic rings. The molecule has 0 aliphatic carbocycles. The quantitative estimate of drug-likeness (QED) is 0.856. The van der Waals surface area contributed by atoms with E-state index < -0.39 is 12.1 Å². The number of carboxylic acids is 1. The molecular formula is C14H18Cl2N2O3. The highest BCUT2D eigenvalue weighted by Crippen LogP contribution is 2.27. The summed E-state index contributed by atoms with van der Waals surface area (Å²) in [6, 6.07) is 5.14. The second-order valence-electron chi connectivity index (χ2n) is 5.34. The zero-order valence-corrected chi connectivity index (χ0v) is 13.2. The van der Waals surface area contributed by atoms with E-state index in [4.69, 9.17) is 28.3 Å². The van der Waals surface area contributed by atoms with Gasteiger partial charge in [-0.2, -0.15) is 0 Å². The average Bonchev–Trinajstić information content (AvgIpc) is 2.74. The first-order valence-corrected chi connectivity index (χ1v) is 7.39. The third-order valence-corrected chi connectivity index (χ3v) is 4.44.